The molecule has 1 saturated heterocycles. The van der Waals surface area contributed by atoms with Crippen LogP contribution in [0.4, 0.5) is 8.78 Å². The van der Waals surface area contributed by atoms with Crippen molar-refractivity contribution in [1.29, 1.82) is 0 Å². The average molecular weight is 354 g/mol. The van der Waals surface area contributed by atoms with Crippen molar-refractivity contribution in [2.75, 3.05) is 13.1 Å². The molecule has 1 aliphatic heterocycles. The highest BCUT2D eigenvalue weighted by Gasteiger charge is 2.28. The van der Waals surface area contributed by atoms with Gasteiger partial charge >= 0.3 is 0 Å². The molecule has 1 unspecified atom stereocenters. The number of benzene rings is 1. The van der Waals surface area contributed by atoms with Crippen molar-refractivity contribution in [3.05, 3.63) is 33.8 Å². The van der Waals surface area contributed by atoms with Crippen molar-refractivity contribution in [3.63, 3.8) is 0 Å². The smallest absolute Gasteiger partial charge is 0.158 e. The van der Waals surface area contributed by atoms with Crippen LogP contribution < -0.4 is 5.32 Å². The fourth-order valence-corrected chi connectivity index (χ4v) is 4.31. The van der Waals surface area contributed by atoms with Gasteiger partial charge < -0.3 is 5.32 Å². The van der Waals surface area contributed by atoms with Crippen molar-refractivity contribution in [2.45, 2.75) is 23.8 Å². The van der Waals surface area contributed by atoms with Crippen LogP contribution in [0.2, 0.25) is 0 Å². The highest BCUT2D eigenvalue weighted by atomic mass is 79.9. The summed E-state index contributed by atoms with van der Waals surface area (Å²) in [5.41, 5.74) is -0.00107. The molecule has 1 atom stereocenters. The Kier molecular flexibility index (Phi) is 4.58. The van der Waals surface area contributed by atoms with E-state index in [1.165, 1.54) is 6.07 Å². The number of sulfone groups is 1. The Hall–Kier alpha value is -0.530. The molecule has 2 rings (SSSR count). The third-order valence-electron chi connectivity index (χ3n) is 3.23. The molecule has 7 heteroatoms. The van der Waals surface area contributed by atoms with E-state index in [1.807, 2.05) is 0 Å². The zero-order chi connectivity index (χ0) is 14.0. The second-order valence-electron chi connectivity index (χ2n) is 4.61. The zero-order valence-corrected chi connectivity index (χ0v) is 12.5. The Morgan fingerprint density at radius 3 is 2.74 bits per heavy atom. The molecular formula is C12H14BrF2NO2S. The van der Waals surface area contributed by atoms with E-state index in [2.05, 4.69) is 21.2 Å². The Labute approximate surface area is 119 Å². The zero-order valence-electron chi connectivity index (χ0n) is 10.1. The molecule has 106 valence electrons. The van der Waals surface area contributed by atoms with E-state index in [1.54, 1.807) is 0 Å². The average Bonchev–Trinajstić information content (AvgIpc) is 2.40. The molecule has 0 aliphatic carbocycles. The summed E-state index contributed by atoms with van der Waals surface area (Å²) < 4.78 is 51.0. The molecule has 1 fully saturated rings. The second kappa shape index (κ2) is 5.85. The van der Waals surface area contributed by atoms with Crippen LogP contribution in [0.15, 0.2) is 16.6 Å². The van der Waals surface area contributed by atoms with Crippen LogP contribution in [0.25, 0.3) is 0 Å². The summed E-state index contributed by atoms with van der Waals surface area (Å²) in [6.45, 7) is 1.20. The van der Waals surface area contributed by atoms with Gasteiger partial charge in [-0.15, -0.1) is 0 Å². The van der Waals surface area contributed by atoms with Crippen LogP contribution in [0.5, 0.6) is 0 Å². The first-order valence-corrected chi connectivity index (χ1v) is 8.47. The van der Waals surface area contributed by atoms with Gasteiger partial charge in [0, 0.05) is 12.1 Å². The van der Waals surface area contributed by atoms with E-state index in [4.69, 9.17) is 0 Å². The first kappa shape index (κ1) is 14.9. The third-order valence-corrected chi connectivity index (χ3v) is 6.09. The van der Waals surface area contributed by atoms with Crippen LogP contribution in [-0.4, -0.2) is 26.8 Å². The molecule has 19 heavy (non-hydrogen) atoms. The van der Waals surface area contributed by atoms with Crippen molar-refractivity contribution in [3.8, 4) is 0 Å². The topological polar surface area (TPSA) is 46.2 Å². The lowest BCUT2D eigenvalue weighted by molar-refractivity contribution is 0.495. The summed E-state index contributed by atoms with van der Waals surface area (Å²) in [6.07, 6.45) is 1.37. The van der Waals surface area contributed by atoms with Crippen molar-refractivity contribution in [1.82, 2.24) is 5.32 Å². The number of nitrogens with one attached hydrogen (secondary N) is 1. The molecule has 1 heterocycles. The van der Waals surface area contributed by atoms with Gasteiger partial charge in [0.15, 0.2) is 9.84 Å². The van der Waals surface area contributed by atoms with Gasteiger partial charge in [-0.05, 0) is 41.4 Å². The first-order chi connectivity index (χ1) is 8.92. The molecule has 0 saturated carbocycles. The van der Waals surface area contributed by atoms with E-state index in [0.29, 0.717) is 13.0 Å². The van der Waals surface area contributed by atoms with Crippen LogP contribution in [0.1, 0.15) is 18.4 Å². The fourth-order valence-electron chi connectivity index (χ4n) is 2.14. The Bertz CT molecular complexity index is 571. The molecule has 0 amide bonds. The van der Waals surface area contributed by atoms with Gasteiger partial charge in [-0.1, -0.05) is 6.07 Å². The molecule has 3 nitrogen and oxygen atoms in total. The molecule has 0 radical (unpaired) electrons. The summed E-state index contributed by atoms with van der Waals surface area (Å²) in [5, 5.41) is 2.52. The molecule has 1 N–H and O–H groups in total. The standard InChI is InChI=1S/C12H14BrF2NO2S/c13-11-10(14)4-3-8(12(11)15)7-19(17,18)9-2-1-5-16-6-9/h3-4,9,16H,1-2,5-7H2. The minimum absolute atomic E-state index is 0.00107. The largest absolute Gasteiger partial charge is 0.315 e. The van der Waals surface area contributed by atoms with E-state index in [-0.39, 0.29) is 10.0 Å². The van der Waals surface area contributed by atoms with E-state index >= 15 is 0 Å². The monoisotopic (exact) mass is 353 g/mol. The summed E-state index contributed by atoms with van der Waals surface area (Å²) in [5.74, 6) is -1.98. The molecular weight excluding hydrogens is 340 g/mol. The minimum Gasteiger partial charge on any atom is -0.315 e. The van der Waals surface area contributed by atoms with Gasteiger partial charge in [0.2, 0.25) is 0 Å². The van der Waals surface area contributed by atoms with Crippen LogP contribution in [0, 0.1) is 11.6 Å². The van der Waals surface area contributed by atoms with Crippen molar-refractivity contribution < 1.29 is 17.2 Å². The predicted octanol–water partition coefficient (Wildman–Crippen LogP) is 2.39. The lowest BCUT2D eigenvalue weighted by Gasteiger charge is -2.23. The Balaban J connectivity index is 2.23. The van der Waals surface area contributed by atoms with Gasteiger partial charge in [0.25, 0.3) is 0 Å². The number of rotatable bonds is 3. The Morgan fingerprint density at radius 1 is 1.37 bits per heavy atom. The van der Waals surface area contributed by atoms with Gasteiger partial charge in [-0.2, -0.15) is 0 Å². The maximum Gasteiger partial charge on any atom is 0.158 e. The normalized spacial score (nSPS) is 20.5. The SMILES string of the molecule is O=S(=O)(Cc1ccc(F)c(Br)c1F)C1CCCNC1. The second-order valence-corrected chi connectivity index (χ2v) is 7.68. The molecule has 0 bridgehead atoms. The molecule has 0 spiro atoms. The quantitative estimate of drug-likeness (QED) is 0.848. The highest BCUT2D eigenvalue weighted by Crippen LogP contribution is 2.25. The summed E-state index contributed by atoms with van der Waals surface area (Å²) in [6, 6.07) is 2.25. The summed E-state index contributed by atoms with van der Waals surface area (Å²) in [7, 11) is -3.43. The van der Waals surface area contributed by atoms with Gasteiger partial charge in [0.1, 0.15) is 11.6 Å². The number of halogens is 3. The molecule has 1 aromatic rings. The number of piperidine rings is 1. The maximum atomic E-state index is 13.8. The van der Waals surface area contributed by atoms with Gasteiger partial charge in [-0.25, -0.2) is 17.2 Å². The van der Waals surface area contributed by atoms with E-state index < -0.39 is 32.5 Å². The van der Waals surface area contributed by atoms with E-state index in [9.17, 15) is 17.2 Å². The van der Waals surface area contributed by atoms with Crippen LogP contribution in [-0.2, 0) is 15.6 Å². The van der Waals surface area contributed by atoms with Crippen LogP contribution in [0.3, 0.4) is 0 Å². The third kappa shape index (κ3) is 3.32. The van der Waals surface area contributed by atoms with Gasteiger partial charge in [-0.3, -0.25) is 0 Å². The van der Waals surface area contributed by atoms with Crippen molar-refractivity contribution in [2.24, 2.45) is 0 Å². The number of hydrogen-bond donors (Lipinski definition) is 1. The maximum absolute atomic E-state index is 13.8. The number of hydrogen-bond acceptors (Lipinski definition) is 3. The summed E-state index contributed by atoms with van der Waals surface area (Å²) >= 11 is 2.78. The lowest BCUT2D eigenvalue weighted by Crippen LogP contribution is -2.39. The van der Waals surface area contributed by atoms with Gasteiger partial charge in [0.05, 0.1) is 15.5 Å². The first-order valence-electron chi connectivity index (χ1n) is 5.96. The van der Waals surface area contributed by atoms with E-state index in [0.717, 1.165) is 19.0 Å². The minimum atomic E-state index is -3.43. The lowest BCUT2D eigenvalue weighted by atomic mass is 10.2. The fraction of sp³-hybridized carbons (Fsp3) is 0.500. The predicted molar refractivity (Wildman–Crippen MR) is 72.6 cm³/mol. The Morgan fingerprint density at radius 2 is 2.11 bits per heavy atom. The molecule has 0 aromatic heterocycles. The molecule has 1 aliphatic rings. The highest BCUT2D eigenvalue weighted by molar-refractivity contribution is 9.10. The molecule has 1 aromatic carbocycles. The van der Waals surface area contributed by atoms with Crippen molar-refractivity contribution >= 4 is 25.8 Å². The van der Waals surface area contributed by atoms with Crippen LogP contribution >= 0.6 is 15.9 Å². The summed E-state index contributed by atoms with van der Waals surface area (Å²) in [4.78, 5) is 0.